The molecule has 4 nitrogen and oxygen atoms in total. The molecule has 0 heterocycles. The van der Waals surface area contributed by atoms with Crippen LogP contribution in [0.3, 0.4) is 0 Å². The van der Waals surface area contributed by atoms with Gasteiger partial charge in [0.2, 0.25) is 5.91 Å². The van der Waals surface area contributed by atoms with Crippen LogP contribution in [0.1, 0.15) is 40.2 Å². The van der Waals surface area contributed by atoms with E-state index in [9.17, 15) is 35.9 Å². The van der Waals surface area contributed by atoms with Crippen LogP contribution in [0.15, 0.2) is 51.4 Å². The first-order valence-electron chi connectivity index (χ1n) is 10.3. The molecular formula is C23H17Br2ClF6N2O2. The van der Waals surface area contributed by atoms with Crippen molar-refractivity contribution in [1.82, 2.24) is 10.6 Å². The van der Waals surface area contributed by atoms with E-state index in [1.54, 1.807) is 5.32 Å². The van der Waals surface area contributed by atoms with E-state index in [0.717, 1.165) is 6.08 Å². The van der Waals surface area contributed by atoms with E-state index in [1.807, 2.05) is 0 Å². The second-order valence-electron chi connectivity index (χ2n) is 8.15. The third-order valence-corrected chi connectivity index (χ3v) is 6.63. The molecule has 1 atom stereocenters. The molecule has 1 saturated carbocycles. The zero-order valence-electron chi connectivity index (χ0n) is 18.0. The van der Waals surface area contributed by atoms with E-state index in [-0.39, 0.29) is 33.5 Å². The Labute approximate surface area is 223 Å². The van der Waals surface area contributed by atoms with E-state index < -0.39 is 42.2 Å². The third-order valence-electron chi connectivity index (χ3n) is 5.30. The van der Waals surface area contributed by atoms with Gasteiger partial charge in [0.25, 0.3) is 5.91 Å². The molecule has 0 radical (unpaired) electrons. The lowest BCUT2D eigenvalue weighted by molar-refractivity contribution is -0.140. The van der Waals surface area contributed by atoms with Crippen molar-refractivity contribution in [3.8, 4) is 0 Å². The minimum absolute atomic E-state index is 0.0631. The highest BCUT2D eigenvalue weighted by atomic mass is 79.9. The van der Waals surface area contributed by atoms with Crippen LogP contribution in [-0.4, -0.2) is 36.3 Å². The molecule has 13 heteroatoms. The zero-order chi connectivity index (χ0) is 26.9. The highest BCUT2D eigenvalue weighted by molar-refractivity contribution is 9.10. The lowest BCUT2D eigenvalue weighted by Gasteiger charge is -2.19. The van der Waals surface area contributed by atoms with Crippen molar-refractivity contribution in [2.24, 2.45) is 0 Å². The maximum absolute atomic E-state index is 13.7. The number of rotatable bonds is 7. The zero-order valence-corrected chi connectivity index (χ0v) is 22.0. The Balaban J connectivity index is 1.75. The van der Waals surface area contributed by atoms with Gasteiger partial charge in [0.05, 0.1) is 11.5 Å². The molecule has 0 bridgehead atoms. The molecule has 194 valence electrons. The Morgan fingerprint density at radius 3 is 2.25 bits per heavy atom. The predicted octanol–water partition coefficient (Wildman–Crippen LogP) is 7.17. The first-order chi connectivity index (χ1) is 16.6. The molecule has 2 N–H and O–H groups in total. The quantitative estimate of drug-likeness (QED) is 0.309. The topological polar surface area (TPSA) is 58.2 Å². The average Bonchev–Trinajstić information content (AvgIpc) is 3.50. The average molecular weight is 663 g/mol. The van der Waals surface area contributed by atoms with E-state index in [1.165, 1.54) is 42.5 Å². The van der Waals surface area contributed by atoms with Gasteiger partial charge in [-0.2, -0.15) is 26.3 Å². The molecule has 1 aliphatic rings. The van der Waals surface area contributed by atoms with Crippen molar-refractivity contribution in [1.29, 1.82) is 0 Å². The molecule has 3 rings (SSSR count). The minimum Gasteiger partial charge on any atom is -0.345 e. The Morgan fingerprint density at radius 2 is 1.72 bits per heavy atom. The fourth-order valence-corrected chi connectivity index (χ4v) is 4.82. The van der Waals surface area contributed by atoms with Crippen LogP contribution in [-0.2, 0) is 4.79 Å². The molecular weight excluding hydrogens is 646 g/mol. The first kappa shape index (κ1) is 28.5. The number of halogens is 9. The molecule has 1 unspecified atom stereocenters. The highest BCUT2D eigenvalue weighted by Gasteiger charge is 2.52. The number of carbonyl (C=O) groups excluding carboxylic acids is 2. The molecule has 2 aromatic carbocycles. The number of benzene rings is 2. The normalized spacial score (nSPS) is 16.0. The second kappa shape index (κ2) is 10.7. The van der Waals surface area contributed by atoms with E-state index in [0.29, 0.717) is 10.0 Å². The van der Waals surface area contributed by atoms with Gasteiger partial charge in [-0.1, -0.05) is 45.7 Å². The molecule has 0 spiro atoms. The molecule has 0 aliphatic heterocycles. The predicted molar refractivity (Wildman–Crippen MR) is 130 cm³/mol. The summed E-state index contributed by atoms with van der Waals surface area (Å²) in [5.74, 6) is -3.59. The van der Waals surface area contributed by atoms with E-state index in [2.05, 4.69) is 37.2 Å². The summed E-state index contributed by atoms with van der Waals surface area (Å²) in [4.78, 5) is 24.8. The molecule has 0 aromatic heterocycles. The van der Waals surface area contributed by atoms with Crippen molar-refractivity contribution < 1.29 is 35.9 Å². The smallest absolute Gasteiger partial charge is 0.345 e. The molecule has 36 heavy (non-hydrogen) atoms. The summed E-state index contributed by atoms with van der Waals surface area (Å²) < 4.78 is 78.8. The highest BCUT2D eigenvalue weighted by Crippen LogP contribution is 2.39. The fraction of sp³-hybridized carbons (Fsp3) is 0.304. The van der Waals surface area contributed by atoms with Gasteiger partial charge < -0.3 is 10.6 Å². The van der Waals surface area contributed by atoms with Gasteiger partial charge in [-0.3, -0.25) is 9.59 Å². The summed E-state index contributed by atoms with van der Waals surface area (Å²) in [5.41, 5.74) is -1.08. The van der Waals surface area contributed by atoms with Gasteiger partial charge in [-0.05, 0) is 70.2 Å². The molecule has 1 fully saturated rings. The van der Waals surface area contributed by atoms with Crippen LogP contribution < -0.4 is 10.6 Å². The van der Waals surface area contributed by atoms with Crippen molar-refractivity contribution >= 4 is 61.4 Å². The van der Waals surface area contributed by atoms with E-state index >= 15 is 0 Å². The van der Waals surface area contributed by atoms with Gasteiger partial charge in [0, 0.05) is 14.0 Å². The van der Waals surface area contributed by atoms with E-state index in [4.69, 9.17) is 11.6 Å². The first-order valence-corrected chi connectivity index (χ1v) is 12.2. The summed E-state index contributed by atoms with van der Waals surface area (Å²) in [6, 6.07) is 8.15. The number of amides is 2. The Morgan fingerprint density at radius 1 is 1.06 bits per heavy atom. The minimum atomic E-state index is -4.59. The second-order valence-corrected chi connectivity index (χ2v) is 10.4. The number of nitrogens with one attached hydrogen (secondary N) is 2. The van der Waals surface area contributed by atoms with Gasteiger partial charge in [-0.15, -0.1) is 0 Å². The number of carbonyl (C=O) groups is 2. The summed E-state index contributed by atoms with van der Waals surface area (Å²) in [6.45, 7) is -1.51. The molecule has 2 amide bonds. The lowest BCUT2D eigenvalue weighted by atomic mass is 9.97. The Bertz CT molecular complexity index is 1180. The summed E-state index contributed by atoms with van der Waals surface area (Å²) in [6.07, 6.45) is -6.62. The summed E-state index contributed by atoms with van der Waals surface area (Å²) in [5, 5.41) is 4.35. The van der Waals surface area contributed by atoms with Gasteiger partial charge >= 0.3 is 12.4 Å². The van der Waals surface area contributed by atoms with Gasteiger partial charge in [-0.25, -0.2) is 0 Å². The maximum atomic E-state index is 13.7. The van der Waals surface area contributed by atoms with Crippen LogP contribution in [0.5, 0.6) is 0 Å². The van der Waals surface area contributed by atoms with Crippen LogP contribution in [0, 0.1) is 0 Å². The number of allylic oxidation sites excluding steroid dienone is 1. The SMILES string of the molecule is O=C(NC1(C(=O)NCC(F)(F)F)CC1)c1ccc(/C=C/C(c2cc(Cl)cc(Br)c2)C(F)(F)F)cc1Br. The molecule has 2 aromatic rings. The van der Waals surface area contributed by atoms with Gasteiger partial charge in [0.15, 0.2) is 0 Å². The number of alkyl halides is 6. The van der Waals surface area contributed by atoms with Crippen molar-refractivity contribution in [3.05, 3.63) is 73.1 Å². The fourth-order valence-electron chi connectivity index (χ4n) is 3.36. The summed E-state index contributed by atoms with van der Waals surface area (Å²) in [7, 11) is 0. The molecule has 0 saturated heterocycles. The summed E-state index contributed by atoms with van der Waals surface area (Å²) >= 11 is 12.2. The maximum Gasteiger partial charge on any atom is 0.405 e. The third kappa shape index (κ3) is 7.48. The monoisotopic (exact) mass is 660 g/mol. The van der Waals surface area contributed by atoms with Crippen LogP contribution in [0.4, 0.5) is 26.3 Å². The van der Waals surface area contributed by atoms with Crippen molar-refractivity contribution in [2.75, 3.05) is 6.54 Å². The van der Waals surface area contributed by atoms with Gasteiger partial charge in [0.1, 0.15) is 12.1 Å². The Kier molecular flexibility index (Phi) is 8.51. The van der Waals surface area contributed by atoms with Crippen molar-refractivity contribution in [3.63, 3.8) is 0 Å². The largest absolute Gasteiger partial charge is 0.405 e. The Hall–Kier alpha value is -2.05. The number of hydrogen-bond acceptors (Lipinski definition) is 2. The van der Waals surface area contributed by atoms with Crippen LogP contribution in [0.25, 0.3) is 6.08 Å². The van der Waals surface area contributed by atoms with Crippen LogP contribution in [0.2, 0.25) is 5.02 Å². The number of hydrogen-bond donors (Lipinski definition) is 2. The van der Waals surface area contributed by atoms with Crippen LogP contribution >= 0.6 is 43.5 Å². The van der Waals surface area contributed by atoms with Crippen molar-refractivity contribution in [2.45, 2.75) is 36.7 Å². The lowest BCUT2D eigenvalue weighted by Crippen LogP contribution is -2.50. The standard InChI is InChI=1S/C23H17Br2ClF6N2O2/c24-14-8-13(9-15(26)10-14)17(23(30,31)32)4-2-12-1-3-16(18(25)7-12)19(35)34-21(5-6-21)20(36)33-11-22(27,28)29/h1-4,7-10,17H,5-6,11H2,(H,33,36)(H,34,35)/b4-2+. The molecule has 1 aliphatic carbocycles.